The van der Waals surface area contributed by atoms with Crippen LogP contribution in [0.25, 0.3) is 0 Å². The number of carbonyl (C=O) groups excluding carboxylic acids is 3. The standard InChI is InChI=1S/C22H30O6/c1-11(10-28-12(2)23)15-18(25)16-13(24)9-14-21(3,4)7-6-8-22(14,5)17(16)20(27)19(15)26/h11,13-14,24-25H,6-10H2,1-5H3/t11?,13-,14+,22+/m1/s1. The molecule has 0 radical (unpaired) electrons. The van der Waals surface area contributed by atoms with E-state index >= 15 is 0 Å². The minimum absolute atomic E-state index is 0.0482. The summed E-state index contributed by atoms with van der Waals surface area (Å²) in [6.45, 7) is 9.04. The van der Waals surface area contributed by atoms with Crippen LogP contribution in [0.4, 0.5) is 0 Å². The first-order chi connectivity index (χ1) is 12.9. The Labute approximate surface area is 165 Å². The van der Waals surface area contributed by atoms with Gasteiger partial charge in [-0.1, -0.05) is 34.1 Å². The predicted molar refractivity (Wildman–Crippen MR) is 102 cm³/mol. The zero-order valence-corrected chi connectivity index (χ0v) is 17.3. The fourth-order valence-corrected chi connectivity index (χ4v) is 5.75. The molecule has 0 aromatic heterocycles. The number of hydrogen-bond donors (Lipinski definition) is 2. The summed E-state index contributed by atoms with van der Waals surface area (Å²) in [5.41, 5.74) is -0.207. The molecule has 0 saturated heterocycles. The molecule has 1 fully saturated rings. The van der Waals surface area contributed by atoms with Gasteiger partial charge in [-0.2, -0.15) is 0 Å². The van der Waals surface area contributed by atoms with Crippen LogP contribution in [0.3, 0.4) is 0 Å². The maximum absolute atomic E-state index is 13.2. The van der Waals surface area contributed by atoms with Crippen molar-refractivity contribution in [3.05, 3.63) is 22.5 Å². The van der Waals surface area contributed by atoms with Crippen LogP contribution >= 0.6 is 0 Å². The number of aliphatic hydroxyl groups is 2. The average molecular weight is 390 g/mol. The predicted octanol–water partition coefficient (Wildman–Crippen LogP) is 3.04. The molecule has 6 heteroatoms. The van der Waals surface area contributed by atoms with Crippen LogP contribution in [0.1, 0.15) is 60.3 Å². The lowest BCUT2D eigenvalue weighted by atomic mass is 9.48. The highest BCUT2D eigenvalue weighted by Gasteiger charge is 2.57. The van der Waals surface area contributed by atoms with E-state index in [1.807, 2.05) is 6.92 Å². The zero-order valence-electron chi connectivity index (χ0n) is 17.3. The van der Waals surface area contributed by atoms with Gasteiger partial charge in [0.05, 0.1) is 18.3 Å². The molecule has 3 aliphatic rings. The molecule has 0 aromatic carbocycles. The number of fused-ring (bicyclic) bond motifs is 2. The molecule has 0 bridgehead atoms. The molecule has 6 nitrogen and oxygen atoms in total. The van der Waals surface area contributed by atoms with Gasteiger partial charge in [-0.05, 0) is 30.6 Å². The van der Waals surface area contributed by atoms with Gasteiger partial charge in [0.1, 0.15) is 5.76 Å². The number of ketones is 2. The van der Waals surface area contributed by atoms with Crippen molar-refractivity contribution in [3.63, 3.8) is 0 Å². The molecule has 0 aliphatic heterocycles. The van der Waals surface area contributed by atoms with E-state index in [2.05, 4.69) is 13.8 Å². The fourth-order valence-electron chi connectivity index (χ4n) is 5.75. The van der Waals surface area contributed by atoms with Gasteiger partial charge in [0.2, 0.25) is 11.6 Å². The number of Topliss-reactive ketones (excluding diaryl/α,β-unsaturated/α-hetero) is 2. The molecule has 2 N–H and O–H groups in total. The van der Waals surface area contributed by atoms with E-state index in [1.165, 1.54) is 6.92 Å². The van der Waals surface area contributed by atoms with Gasteiger partial charge in [-0.25, -0.2) is 0 Å². The molecule has 0 heterocycles. The van der Waals surface area contributed by atoms with Crippen LogP contribution in [0.5, 0.6) is 0 Å². The SMILES string of the molecule is CC(=O)OCC(C)C1=C(O)C2=C(C(=O)C1=O)[C@@]1(C)CCCC(C)(C)[C@@H]1C[C@H]2O. The van der Waals surface area contributed by atoms with Crippen LogP contribution in [-0.2, 0) is 19.1 Å². The molecular formula is C22H30O6. The van der Waals surface area contributed by atoms with Crippen molar-refractivity contribution >= 4 is 17.5 Å². The zero-order chi connectivity index (χ0) is 21.0. The van der Waals surface area contributed by atoms with E-state index in [9.17, 15) is 24.6 Å². The van der Waals surface area contributed by atoms with Crippen LogP contribution < -0.4 is 0 Å². The van der Waals surface area contributed by atoms with Crippen LogP contribution in [0.2, 0.25) is 0 Å². The molecule has 1 unspecified atom stereocenters. The maximum atomic E-state index is 13.2. The first-order valence-corrected chi connectivity index (χ1v) is 10.0. The second-order valence-corrected chi connectivity index (χ2v) is 9.48. The lowest BCUT2D eigenvalue weighted by Gasteiger charge is -2.56. The summed E-state index contributed by atoms with van der Waals surface area (Å²) < 4.78 is 4.96. The van der Waals surface area contributed by atoms with E-state index in [-0.39, 0.29) is 40.4 Å². The van der Waals surface area contributed by atoms with E-state index in [4.69, 9.17) is 4.74 Å². The monoisotopic (exact) mass is 390 g/mol. The molecular weight excluding hydrogens is 360 g/mol. The van der Waals surface area contributed by atoms with Gasteiger partial charge in [0.25, 0.3) is 0 Å². The van der Waals surface area contributed by atoms with E-state index in [1.54, 1.807) is 6.92 Å². The number of carbonyl (C=O) groups is 3. The Balaban J connectivity index is 2.14. The highest BCUT2D eigenvalue weighted by Crippen LogP contribution is 2.61. The Morgan fingerprint density at radius 2 is 1.86 bits per heavy atom. The summed E-state index contributed by atoms with van der Waals surface area (Å²) in [4.78, 5) is 37.2. The van der Waals surface area contributed by atoms with Crippen molar-refractivity contribution in [1.82, 2.24) is 0 Å². The molecule has 3 aliphatic carbocycles. The highest BCUT2D eigenvalue weighted by molar-refractivity contribution is 6.50. The lowest BCUT2D eigenvalue weighted by molar-refractivity contribution is -0.142. The lowest BCUT2D eigenvalue weighted by Crippen LogP contribution is -2.52. The van der Waals surface area contributed by atoms with Gasteiger partial charge < -0.3 is 14.9 Å². The van der Waals surface area contributed by atoms with E-state index in [0.29, 0.717) is 6.42 Å². The first kappa shape index (κ1) is 20.8. The molecule has 154 valence electrons. The number of ether oxygens (including phenoxy) is 1. The molecule has 1 saturated carbocycles. The Bertz CT molecular complexity index is 802. The summed E-state index contributed by atoms with van der Waals surface area (Å²) in [6, 6.07) is 0. The van der Waals surface area contributed by atoms with Crippen LogP contribution in [0.15, 0.2) is 22.5 Å². The molecule has 0 amide bonds. The molecule has 4 atom stereocenters. The van der Waals surface area contributed by atoms with Crippen molar-refractivity contribution in [2.75, 3.05) is 6.61 Å². The minimum Gasteiger partial charge on any atom is -0.507 e. The molecule has 0 spiro atoms. The van der Waals surface area contributed by atoms with E-state index < -0.39 is 35.0 Å². The topological polar surface area (TPSA) is 101 Å². The van der Waals surface area contributed by atoms with Crippen molar-refractivity contribution in [2.45, 2.75) is 66.4 Å². The number of hydrogen-bond acceptors (Lipinski definition) is 6. The molecule has 28 heavy (non-hydrogen) atoms. The summed E-state index contributed by atoms with van der Waals surface area (Å²) in [7, 11) is 0. The van der Waals surface area contributed by atoms with Crippen molar-refractivity contribution < 1.29 is 29.3 Å². The molecule has 0 aromatic rings. The Kier molecular flexibility index (Phi) is 5.07. The number of esters is 1. The summed E-state index contributed by atoms with van der Waals surface area (Å²) in [6.07, 6.45) is 2.11. The van der Waals surface area contributed by atoms with Crippen molar-refractivity contribution in [1.29, 1.82) is 0 Å². The third kappa shape index (κ3) is 3.02. The van der Waals surface area contributed by atoms with Gasteiger partial charge in [0, 0.05) is 29.4 Å². The Morgan fingerprint density at radius 1 is 1.21 bits per heavy atom. The summed E-state index contributed by atoms with van der Waals surface area (Å²) in [5, 5.41) is 21.8. The van der Waals surface area contributed by atoms with Gasteiger partial charge in [0.15, 0.2) is 0 Å². The molecule has 3 rings (SSSR count). The summed E-state index contributed by atoms with van der Waals surface area (Å²) in [5.74, 6) is -2.80. The smallest absolute Gasteiger partial charge is 0.302 e. The third-order valence-electron chi connectivity index (χ3n) is 7.08. The largest absolute Gasteiger partial charge is 0.507 e. The van der Waals surface area contributed by atoms with Crippen LogP contribution in [-0.4, -0.2) is 40.5 Å². The minimum atomic E-state index is -1.00. The number of rotatable bonds is 3. The van der Waals surface area contributed by atoms with Crippen LogP contribution in [0, 0.1) is 22.7 Å². The van der Waals surface area contributed by atoms with Crippen molar-refractivity contribution in [2.24, 2.45) is 22.7 Å². The second kappa shape index (κ2) is 6.83. The summed E-state index contributed by atoms with van der Waals surface area (Å²) >= 11 is 0. The average Bonchev–Trinajstić information content (AvgIpc) is 2.58. The maximum Gasteiger partial charge on any atom is 0.302 e. The number of allylic oxidation sites excluding steroid dienone is 1. The van der Waals surface area contributed by atoms with Gasteiger partial charge in [-0.3, -0.25) is 14.4 Å². The quantitative estimate of drug-likeness (QED) is 0.436. The second-order valence-electron chi connectivity index (χ2n) is 9.48. The van der Waals surface area contributed by atoms with E-state index in [0.717, 1.165) is 19.3 Å². The first-order valence-electron chi connectivity index (χ1n) is 10.0. The third-order valence-corrected chi connectivity index (χ3v) is 7.08. The highest BCUT2D eigenvalue weighted by atomic mass is 16.5. The van der Waals surface area contributed by atoms with Crippen molar-refractivity contribution in [3.8, 4) is 0 Å². The number of aliphatic hydroxyl groups excluding tert-OH is 2. The van der Waals surface area contributed by atoms with Gasteiger partial charge in [-0.15, -0.1) is 0 Å². The normalized spacial score (nSPS) is 33.4. The Morgan fingerprint density at radius 3 is 2.46 bits per heavy atom. The van der Waals surface area contributed by atoms with Gasteiger partial charge >= 0.3 is 5.97 Å². The Hall–Kier alpha value is -1.95. The fraction of sp³-hybridized carbons (Fsp3) is 0.682.